The van der Waals surface area contributed by atoms with E-state index in [1.54, 1.807) is 0 Å². The molecule has 2 rings (SSSR count). The summed E-state index contributed by atoms with van der Waals surface area (Å²) in [6.07, 6.45) is 7.07. The SMILES string of the molecule is C1CCC2NCCNC2CC1. The lowest BCUT2D eigenvalue weighted by Gasteiger charge is -2.32. The van der Waals surface area contributed by atoms with Crippen LogP contribution in [0.15, 0.2) is 0 Å². The van der Waals surface area contributed by atoms with Crippen LogP contribution in [0.1, 0.15) is 32.1 Å². The second kappa shape index (κ2) is 3.55. The van der Waals surface area contributed by atoms with Crippen molar-refractivity contribution < 1.29 is 0 Å². The van der Waals surface area contributed by atoms with Crippen LogP contribution < -0.4 is 10.6 Å². The maximum Gasteiger partial charge on any atom is 0.0221 e. The summed E-state index contributed by atoms with van der Waals surface area (Å²) in [7, 11) is 0. The fourth-order valence-electron chi connectivity index (χ4n) is 2.31. The van der Waals surface area contributed by atoms with E-state index in [0.29, 0.717) is 0 Å². The minimum absolute atomic E-state index is 0.784. The van der Waals surface area contributed by atoms with Crippen LogP contribution in [0, 0.1) is 0 Å². The molecule has 2 nitrogen and oxygen atoms in total. The summed E-state index contributed by atoms with van der Waals surface area (Å²) in [6.45, 7) is 2.34. The average Bonchev–Trinajstić information content (AvgIpc) is 2.28. The van der Waals surface area contributed by atoms with E-state index in [-0.39, 0.29) is 0 Å². The number of nitrogens with one attached hydrogen (secondary N) is 2. The van der Waals surface area contributed by atoms with E-state index in [1.165, 1.54) is 45.2 Å². The van der Waals surface area contributed by atoms with Gasteiger partial charge in [-0.25, -0.2) is 0 Å². The van der Waals surface area contributed by atoms with Crippen molar-refractivity contribution in [3.63, 3.8) is 0 Å². The van der Waals surface area contributed by atoms with E-state index < -0.39 is 0 Å². The molecule has 2 fully saturated rings. The molecule has 2 atom stereocenters. The van der Waals surface area contributed by atoms with Crippen molar-refractivity contribution >= 4 is 0 Å². The fourth-order valence-corrected chi connectivity index (χ4v) is 2.31. The quantitative estimate of drug-likeness (QED) is 0.541. The van der Waals surface area contributed by atoms with Gasteiger partial charge in [-0.1, -0.05) is 19.3 Å². The Morgan fingerprint density at radius 1 is 0.727 bits per heavy atom. The van der Waals surface area contributed by atoms with Crippen LogP contribution in [0.5, 0.6) is 0 Å². The highest BCUT2D eigenvalue weighted by Gasteiger charge is 2.24. The van der Waals surface area contributed by atoms with E-state index in [1.807, 2.05) is 0 Å². The molecule has 1 saturated heterocycles. The molecule has 0 aromatic heterocycles. The van der Waals surface area contributed by atoms with Gasteiger partial charge in [0.25, 0.3) is 0 Å². The largest absolute Gasteiger partial charge is 0.311 e. The molecule has 0 aromatic carbocycles. The van der Waals surface area contributed by atoms with Crippen molar-refractivity contribution in [3.8, 4) is 0 Å². The highest BCUT2D eigenvalue weighted by molar-refractivity contribution is 4.88. The molecule has 1 aliphatic carbocycles. The zero-order chi connectivity index (χ0) is 7.52. The first kappa shape index (κ1) is 7.56. The summed E-state index contributed by atoms with van der Waals surface area (Å²) in [5.74, 6) is 0. The molecule has 0 bridgehead atoms. The first-order valence-electron chi connectivity index (χ1n) is 4.93. The Labute approximate surface area is 68.7 Å². The van der Waals surface area contributed by atoms with Gasteiger partial charge >= 0.3 is 0 Å². The molecule has 0 amide bonds. The van der Waals surface area contributed by atoms with Crippen LogP contribution in [0.3, 0.4) is 0 Å². The Bertz CT molecular complexity index is 111. The summed E-state index contributed by atoms with van der Waals surface area (Å²) in [5.41, 5.74) is 0. The smallest absolute Gasteiger partial charge is 0.0221 e. The highest BCUT2D eigenvalue weighted by atomic mass is 15.1. The first-order chi connectivity index (χ1) is 5.47. The third kappa shape index (κ3) is 1.74. The second-order valence-electron chi connectivity index (χ2n) is 3.76. The normalized spacial score (nSPS) is 39.3. The second-order valence-corrected chi connectivity index (χ2v) is 3.76. The molecule has 1 heterocycles. The molecule has 1 saturated carbocycles. The molecule has 2 heteroatoms. The zero-order valence-corrected chi connectivity index (χ0v) is 7.10. The lowest BCUT2D eigenvalue weighted by atomic mass is 10.0. The fraction of sp³-hybridized carbons (Fsp3) is 1.00. The molecule has 11 heavy (non-hydrogen) atoms. The monoisotopic (exact) mass is 154 g/mol. The average molecular weight is 154 g/mol. The number of hydrogen-bond acceptors (Lipinski definition) is 2. The van der Waals surface area contributed by atoms with Gasteiger partial charge in [-0.3, -0.25) is 0 Å². The third-order valence-electron chi connectivity index (χ3n) is 2.95. The van der Waals surface area contributed by atoms with Gasteiger partial charge in [-0.2, -0.15) is 0 Å². The Kier molecular flexibility index (Phi) is 2.44. The molecule has 0 spiro atoms. The molecule has 1 aliphatic heterocycles. The van der Waals surface area contributed by atoms with Crippen LogP contribution in [0.2, 0.25) is 0 Å². The Morgan fingerprint density at radius 3 is 1.82 bits per heavy atom. The van der Waals surface area contributed by atoms with Crippen LogP contribution in [0.4, 0.5) is 0 Å². The topological polar surface area (TPSA) is 24.1 Å². The summed E-state index contributed by atoms with van der Waals surface area (Å²) >= 11 is 0. The lowest BCUT2D eigenvalue weighted by Crippen LogP contribution is -2.55. The van der Waals surface area contributed by atoms with Crippen LogP contribution in [-0.2, 0) is 0 Å². The predicted molar refractivity (Wildman–Crippen MR) is 46.7 cm³/mol. The molecule has 0 aromatic rings. The van der Waals surface area contributed by atoms with E-state index in [2.05, 4.69) is 10.6 Å². The lowest BCUT2D eigenvalue weighted by molar-refractivity contribution is 0.307. The summed E-state index contributed by atoms with van der Waals surface area (Å²) in [5, 5.41) is 7.20. The first-order valence-corrected chi connectivity index (χ1v) is 4.93. The van der Waals surface area contributed by atoms with Gasteiger partial charge in [0, 0.05) is 25.2 Å². The van der Waals surface area contributed by atoms with E-state index in [4.69, 9.17) is 0 Å². The molecule has 0 radical (unpaired) electrons. The maximum absolute atomic E-state index is 3.60. The minimum atomic E-state index is 0.784. The Hall–Kier alpha value is -0.0800. The summed E-state index contributed by atoms with van der Waals surface area (Å²) in [4.78, 5) is 0. The van der Waals surface area contributed by atoms with E-state index >= 15 is 0 Å². The molecular formula is C9H18N2. The number of piperazine rings is 1. The van der Waals surface area contributed by atoms with Crippen molar-refractivity contribution in [1.29, 1.82) is 0 Å². The van der Waals surface area contributed by atoms with Gasteiger partial charge in [-0.05, 0) is 12.8 Å². The van der Waals surface area contributed by atoms with Gasteiger partial charge in [0.05, 0.1) is 0 Å². The van der Waals surface area contributed by atoms with Crippen molar-refractivity contribution in [1.82, 2.24) is 10.6 Å². The molecular weight excluding hydrogens is 136 g/mol. The predicted octanol–water partition coefficient (Wildman–Crippen LogP) is 0.880. The van der Waals surface area contributed by atoms with Gasteiger partial charge in [-0.15, -0.1) is 0 Å². The minimum Gasteiger partial charge on any atom is -0.311 e. The van der Waals surface area contributed by atoms with Gasteiger partial charge in [0.15, 0.2) is 0 Å². The van der Waals surface area contributed by atoms with Gasteiger partial charge < -0.3 is 10.6 Å². The number of rotatable bonds is 0. The molecule has 64 valence electrons. The van der Waals surface area contributed by atoms with Gasteiger partial charge in [0.2, 0.25) is 0 Å². The summed E-state index contributed by atoms with van der Waals surface area (Å²) < 4.78 is 0. The third-order valence-corrected chi connectivity index (χ3v) is 2.95. The Morgan fingerprint density at radius 2 is 1.27 bits per heavy atom. The number of fused-ring (bicyclic) bond motifs is 1. The van der Waals surface area contributed by atoms with E-state index in [9.17, 15) is 0 Å². The number of hydrogen-bond donors (Lipinski definition) is 2. The highest BCUT2D eigenvalue weighted by Crippen LogP contribution is 2.19. The zero-order valence-electron chi connectivity index (χ0n) is 7.10. The summed E-state index contributed by atoms with van der Waals surface area (Å²) in [6, 6.07) is 1.57. The van der Waals surface area contributed by atoms with Crippen LogP contribution in [0.25, 0.3) is 0 Å². The molecule has 2 N–H and O–H groups in total. The van der Waals surface area contributed by atoms with Crippen molar-refractivity contribution in [2.24, 2.45) is 0 Å². The van der Waals surface area contributed by atoms with Crippen molar-refractivity contribution in [2.75, 3.05) is 13.1 Å². The van der Waals surface area contributed by atoms with Crippen LogP contribution >= 0.6 is 0 Å². The van der Waals surface area contributed by atoms with Crippen molar-refractivity contribution in [2.45, 2.75) is 44.2 Å². The van der Waals surface area contributed by atoms with Gasteiger partial charge in [0.1, 0.15) is 0 Å². The van der Waals surface area contributed by atoms with Crippen LogP contribution in [-0.4, -0.2) is 25.2 Å². The molecule has 2 aliphatic rings. The van der Waals surface area contributed by atoms with Crippen molar-refractivity contribution in [3.05, 3.63) is 0 Å². The van der Waals surface area contributed by atoms with E-state index in [0.717, 1.165) is 12.1 Å². The molecule has 2 unspecified atom stereocenters. The maximum atomic E-state index is 3.60. The standard InChI is InChI=1S/C9H18N2/c1-2-4-8-9(5-3-1)11-7-6-10-8/h8-11H,1-7H2. The Balaban J connectivity index is 1.93.